The van der Waals surface area contributed by atoms with Crippen LogP contribution in [-0.2, 0) is 10.3 Å². The van der Waals surface area contributed by atoms with Gasteiger partial charge in [-0.1, -0.05) is 12.1 Å². The van der Waals surface area contributed by atoms with Gasteiger partial charge in [0.05, 0.1) is 6.33 Å². The number of carbonyl (C=O) groups is 1. The van der Waals surface area contributed by atoms with E-state index in [1.54, 1.807) is 29.2 Å². The maximum absolute atomic E-state index is 13.2. The van der Waals surface area contributed by atoms with Crippen LogP contribution in [0.2, 0.25) is 0 Å². The van der Waals surface area contributed by atoms with Crippen molar-refractivity contribution in [2.45, 2.75) is 25.3 Å². The summed E-state index contributed by atoms with van der Waals surface area (Å²) in [4.78, 5) is 19.0. The molecule has 0 spiro atoms. The van der Waals surface area contributed by atoms with Crippen molar-refractivity contribution < 1.29 is 9.18 Å². The second-order valence-electron chi connectivity index (χ2n) is 5.78. The van der Waals surface area contributed by atoms with E-state index in [9.17, 15) is 9.18 Å². The van der Waals surface area contributed by atoms with Crippen LogP contribution >= 0.6 is 0 Å². The Morgan fingerprint density at radius 3 is 2.45 bits per heavy atom. The van der Waals surface area contributed by atoms with Crippen LogP contribution in [0.15, 0.2) is 36.8 Å². The number of carbonyl (C=O) groups excluding carboxylic acids is 1. The molecule has 1 fully saturated rings. The van der Waals surface area contributed by atoms with E-state index in [0.29, 0.717) is 11.4 Å². The SMILES string of the molecule is C[C@](C(=O)N1CCCC1)(c1ccc(F)cc1)n1cnc(N)c1. The molecule has 1 saturated heterocycles. The number of nitrogens with zero attached hydrogens (tertiary/aromatic N) is 3. The molecule has 0 unspecified atom stereocenters. The van der Waals surface area contributed by atoms with Crippen LogP contribution < -0.4 is 5.73 Å². The Morgan fingerprint density at radius 1 is 1.27 bits per heavy atom. The predicted octanol–water partition coefficient (Wildman–Crippen LogP) is 1.99. The Balaban J connectivity index is 2.08. The number of halogens is 1. The highest BCUT2D eigenvalue weighted by molar-refractivity contribution is 5.88. The van der Waals surface area contributed by atoms with Gasteiger partial charge in [-0.25, -0.2) is 9.37 Å². The second-order valence-corrected chi connectivity index (χ2v) is 5.78. The number of likely N-dealkylation sites (tertiary alicyclic amines) is 1. The number of nitrogens with two attached hydrogens (primary N) is 1. The fourth-order valence-electron chi connectivity index (χ4n) is 2.97. The molecule has 2 N–H and O–H groups in total. The molecule has 6 heteroatoms. The van der Waals surface area contributed by atoms with Crippen molar-refractivity contribution in [1.82, 2.24) is 14.5 Å². The zero-order chi connectivity index (χ0) is 15.7. The summed E-state index contributed by atoms with van der Waals surface area (Å²) >= 11 is 0. The van der Waals surface area contributed by atoms with Crippen LogP contribution in [-0.4, -0.2) is 33.4 Å². The normalized spacial score (nSPS) is 17.5. The molecule has 2 heterocycles. The van der Waals surface area contributed by atoms with Crippen LogP contribution in [0.3, 0.4) is 0 Å². The van der Waals surface area contributed by atoms with Gasteiger partial charge in [0, 0.05) is 19.3 Å². The first-order chi connectivity index (χ1) is 10.5. The summed E-state index contributed by atoms with van der Waals surface area (Å²) in [6.45, 7) is 3.32. The molecule has 1 aliphatic heterocycles. The molecule has 0 bridgehead atoms. The highest BCUT2D eigenvalue weighted by atomic mass is 19.1. The van der Waals surface area contributed by atoms with Crippen molar-refractivity contribution in [3.8, 4) is 0 Å². The highest BCUT2D eigenvalue weighted by Crippen LogP contribution is 2.30. The topological polar surface area (TPSA) is 64.2 Å². The van der Waals surface area contributed by atoms with Gasteiger partial charge in [-0.15, -0.1) is 0 Å². The summed E-state index contributed by atoms with van der Waals surface area (Å²) in [6, 6.07) is 6.01. The number of nitrogen functional groups attached to an aromatic ring is 1. The summed E-state index contributed by atoms with van der Waals surface area (Å²) in [5.74, 6) is 0.00133. The zero-order valence-electron chi connectivity index (χ0n) is 12.5. The van der Waals surface area contributed by atoms with E-state index in [4.69, 9.17) is 5.73 Å². The van der Waals surface area contributed by atoms with Crippen LogP contribution in [0.5, 0.6) is 0 Å². The van der Waals surface area contributed by atoms with Crippen LogP contribution in [0.1, 0.15) is 25.3 Å². The molecular weight excluding hydrogens is 283 g/mol. The maximum atomic E-state index is 13.2. The Kier molecular flexibility index (Phi) is 3.60. The zero-order valence-corrected chi connectivity index (χ0v) is 12.5. The van der Waals surface area contributed by atoms with Crippen LogP contribution in [0, 0.1) is 5.82 Å². The standard InChI is InChI=1S/C16H19FN4O/c1-16(21-10-14(18)19-11-21,12-4-6-13(17)7-5-12)15(22)20-8-2-3-9-20/h4-7,10-11H,2-3,8-9,18H2,1H3/t16-/m1/s1. The number of hydrogen-bond donors (Lipinski definition) is 1. The first-order valence-electron chi connectivity index (χ1n) is 7.37. The Bertz CT molecular complexity index is 676. The molecule has 3 rings (SSSR count). The van der Waals surface area contributed by atoms with E-state index < -0.39 is 5.54 Å². The number of aromatic nitrogens is 2. The van der Waals surface area contributed by atoms with Gasteiger partial charge >= 0.3 is 0 Å². The quantitative estimate of drug-likeness (QED) is 0.943. The average molecular weight is 302 g/mol. The minimum Gasteiger partial charge on any atom is -0.382 e. The average Bonchev–Trinajstić information content (AvgIpc) is 3.18. The third kappa shape index (κ3) is 2.34. The minimum absolute atomic E-state index is 0.0194. The van der Waals surface area contributed by atoms with E-state index in [0.717, 1.165) is 25.9 Å². The molecule has 116 valence electrons. The molecule has 22 heavy (non-hydrogen) atoms. The summed E-state index contributed by atoms with van der Waals surface area (Å²) < 4.78 is 15.0. The fourth-order valence-corrected chi connectivity index (χ4v) is 2.97. The van der Waals surface area contributed by atoms with E-state index >= 15 is 0 Å². The van der Waals surface area contributed by atoms with E-state index in [2.05, 4.69) is 4.98 Å². The number of hydrogen-bond acceptors (Lipinski definition) is 3. The van der Waals surface area contributed by atoms with Gasteiger partial charge in [0.25, 0.3) is 5.91 Å². The first kappa shape index (κ1) is 14.6. The molecule has 0 radical (unpaired) electrons. The van der Waals surface area contributed by atoms with E-state index in [-0.39, 0.29) is 11.7 Å². The molecule has 5 nitrogen and oxygen atoms in total. The van der Waals surface area contributed by atoms with Gasteiger partial charge < -0.3 is 15.2 Å². The summed E-state index contributed by atoms with van der Waals surface area (Å²) in [6.07, 6.45) is 5.21. The van der Waals surface area contributed by atoms with Gasteiger partial charge in [0.2, 0.25) is 0 Å². The Hall–Kier alpha value is -2.37. The molecule has 1 aliphatic rings. The molecular formula is C16H19FN4O. The lowest BCUT2D eigenvalue weighted by Crippen LogP contribution is -2.48. The summed E-state index contributed by atoms with van der Waals surface area (Å²) in [5.41, 5.74) is 5.44. The monoisotopic (exact) mass is 302 g/mol. The lowest BCUT2D eigenvalue weighted by molar-refractivity contribution is -0.137. The Morgan fingerprint density at radius 2 is 1.91 bits per heavy atom. The lowest BCUT2D eigenvalue weighted by atomic mass is 9.90. The minimum atomic E-state index is -0.983. The predicted molar refractivity (Wildman–Crippen MR) is 81.6 cm³/mol. The number of anilines is 1. The fraction of sp³-hybridized carbons (Fsp3) is 0.375. The van der Waals surface area contributed by atoms with Gasteiger partial charge in [-0.05, 0) is 37.5 Å². The number of amides is 1. The number of benzene rings is 1. The largest absolute Gasteiger partial charge is 0.382 e. The van der Waals surface area contributed by atoms with Crippen molar-refractivity contribution in [1.29, 1.82) is 0 Å². The smallest absolute Gasteiger partial charge is 0.253 e. The highest BCUT2D eigenvalue weighted by Gasteiger charge is 2.41. The Labute approximate surface area is 128 Å². The number of imidazole rings is 1. The van der Waals surface area contributed by atoms with Crippen molar-refractivity contribution >= 4 is 11.7 Å². The maximum Gasteiger partial charge on any atom is 0.253 e. The first-order valence-corrected chi connectivity index (χ1v) is 7.37. The second kappa shape index (κ2) is 5.44. The van der Waals surface area contributed by atoms with Gasteiger partial charge in [-0.2, -0.15) is 0 Å². The molecule has 0 saturated carbocycles. The summed E-state index contributed by atoms with van der Waals surface area (Å²) in [5, 5.41) is 0. The molecule has 1 aromatic heterocycles. The van der Waals surface area contributed by atoms with Crippen LogP contribution in [0.25, 0.3) is 0 Å². The molecule has 1 aromatic carbocycles. The molecule has 1 atom stereocenters. The van der Waals surface area contributed by atoms with Gasteiger partial charge in [0.15, 0.2) is 0 Å². The van der Waals surface area contributed by atoms with Gasteiger partial charge in [-0.3, -0.25) is 4.79 Å². The van der Waals surface area contributed by atoms with Crippen LogP contribution in [0.4, 0.5) is 10.2 Å². The lowest BCUT2D eigenvalue weighted by Gasteiger charge is -2.34. The van der Waals surface area contributed by atoms with E-state index in [1.165, 1.54) is 12.1 Å². The third-order valence-electron chi connectivity index (χ3n) is 4.34. The van der Waals surface area contributed by atoms with Crippen molar-refractivity contribution in [2.24, 2.45) is 0 Å². The van der Waals surface area contributed by atoms with E-state index in [1.807, 2.05) is 11.8 Å². The molecule has 0 aliphatic carbocycles. The summed E-state index contributed by atoms with van der Waals surface area (Å²) in [7, 11) is 0. The molecule has 2 aromatic rings. The number of rotatable bonds is 3. The van der Waals surface area contributed by atoms with Crippen molar-refractivity contribution in [3.63, 3.8) is 0 Å². The van der Waals surface area contributed by atoms with Crippen molar-refractivity contribution in [3.05, 3.63) is 48.2 Å². The third-order valence-corrected chi connectivity index (χ3v) is 4.34. The molecule has 1 amide bonds. The van der Waals surface area contributed by atoms with Gasteiger partial charge in [0.1, 0.15) is 17.2 Å². The van der Waals surface area contributed by atoms with Crippen molar-refractivity contribution in [2.75, 3.05) is 18.8 Å².